The molecule has 0 aliphatic carbocycles. The molecule has 0 bridgehead atoms. The molecule has 0 amide bonds. The maximum atomic E-state index is 5.73. The van der Waals surface area contributed by atoms with Crippen LogP contribution < -0.4 is 11.1 Å². The summed E-state index contributed by atoms with van der Waals surface area (Å²) in [6.07, 6.45) is 7.80. The number of nitrogens with two attached hydrogens (primary N) is 1. The van der Waals surface area contributed by atoms with Gasteiger partial charge in [-0.05, 0) is 24.6 Å². The number of thiocarbonyl (C=S) groups is 1. The molecule has 0 aliphatic rings. The summed E-state index contributed by atoms with van der Waals surface area (Å²) in [6, 6.07) is 5.95. The standard InChI is InChI=1S/C15H23BrN2S/c1-2-3-4-5-6-7-10-18-14-11-12(16)8-9-13(14)15(17)19/h8-9,11,18H,2-7,10H2,1H3,(H2,17,19). The van der Waals surface area contributed by atoms with Crippen molar-refractivity contribution in [3.05, 3.63) is 28.2 Å². The van der Waals surface area contributed by atoms with Crippen LogP contribution in [0.3, 0.4) is 0 Å². The lowest BCUT2D eigenvalue weighted by atomic mass is 10.1. The molecular weight excluding hydrogens is 320 g/mol. The Morgan fingerprint density at radius 3 is 2.58 bits per heavy atom. The minimum absolute atomic E-state index is 0.443. The van der Waals surface area contributed by atoms with E-state index >= 15 is 0 Å². The Morgan fingerprint density at radius 1 is 1.21 bits per heavy atom. The third-order valence-corrected chi connectivity index (χ3v) is 3.81. The first kappa shape index (κ1) is 16.4. The predicted molar refractivity (Wildman–Crippen MR) is 91.9 cm³/mol. The topological polar surface area (TPSA) is 38.0 Å². The number of hydrogen-bond acceptors (Lipinski definition) is 2. The molecule has 1 aromatic carbocycles. The van der Waals surface area contributed by atoms with Gasteiger partial charge in [0, 0.05) is 22.3 Å². The minimum atomic E-state index is 0.443. The molecule has 1 rings (SSSR count). The van der Waals surface area contributed by atoms with E-state index in [1.807, 2.05) is 18.2 Å². The van der Waals surface area contributed by atoms with Crippen molar-refractivity contribution in [3.8, 4) is 0 Å². The fourth-order valence-electron chi connectivity index (χ4n) is 2.01. The quantitative estimate of drug-likeness (QED) is 0.497. The first-order valence-electron chi connectivity index (χ1n) is 6.98. The van der Waals surface area contributed by atoms with Crippen molar-refractivity contribution in [3.63, 3.8) is 0 Å². The molecule has 0 aliphatic heterocycles. The highest BCUT2D eigenvalue weighted by molar-refractivity contribution is 9.10. The van der Waals surface area contributed by atoms with E-state index in [2.05, 4.69) is 28.2 Å². The summed E-state index contributed by atoms with van der Waals surface area (Å²) in [6.45, 7) is 3.21. The Bertz CT molecular complexity index is 407. The number of hydrogen-bond donors (Lipinski definition) is 2. The number of anilines is 1. The van der Waals surface area contributed by atoms with E-state index in [1.54, 1.807) is 0 Å². The second-order valence-corrected chi connectivity index (χ2v) is 6.10. The summed E-state index contributed by atoms with van der Waals surface area (Å²) in [5.74, 6) is 0. The number of unbranched alkanes of at least 4 members (excludes halogenated alkanes) is 5. The van der Waals surface area contributed by atoms with Gasteiger partial charge in [0.1, 0.15) is 4.99 Å². The molecule has 19 heavy (non-hydrogen) atoms. The molecule has 0 saturated heterocycles. The number of nitrogens with one attached hydrogen (secondary N) is 1. The van der Waals surface area contributed by atoms with E-state index in [0.29, 0.717) is 4.99 Å². The van der Waals surface area contributed by atoms with Crippen molar-refractivity contribution in [2.75, 3.05) is 11.9 Å². The van der Waals surface area contributed by atoms with E-state index in [4.69, 9.17) is 18.0 Å². The minimum Gasteiger partial charge on any atom is -0.389 e. The molecule has 0 spiro atoms. The van der Waals surface area contributed by atoms with Crippen LogP contribution in [0, 0.1) is 0 Å². The third-order valence-electron chi connectivity index (χ3n) is 3.09. The molecule has 4 heteroatoms. The molecule has 2 nitrogen and oxygen atoms in total. The number of halogens is 1. The summed E-state index contributed by atoms with van der Waals surface area (Å²) in [5, 5.41) is 3.43. The van der Waals surface area contributed by atoms with Crippen LogP contribution in [0.25, 0.3) is 0 Å². The van der Waals surface area contributed by atoms with Crippen LogP contribution in [0.1, 0.15) is 51.0 Å². The predicted octanol–water partition coefficient (Wildman–Crippen LogP) is 4.86. The molecule has 3 N–H and O–H groups in total. The first-order valence-corrected chi connectivity index (χ1v) is 8.18. The highest BCUT2D eigenvalue weighted by atomic mass is 79.9. The van der Waals surface area contributed by atoms with Gasteiger partial charge in [-0.3, -0.25) is 0 Å². The summed E-state index contributed by atoms with van der Waals surface area (Å²) in [5.41, 5.74) is 7.67. The van der Waals surface area contributed by atoms with Gasteiger partial charge < -0.3 is 11.1 Å². The maximum absolute atomic E-state index is 5.73. The van der Waals surface area contributed by atoms with Crippen molar-refractivity contribution in [2.24, 2.45) is 5.73 Å². The third kappa shape index (κ3) is 6.39. The van der Waals surface area contributed by atoms with E-state index in [9.17, 15) is 0 Å². The summed E-state index contributed by atoms with van der Waals surface area (Å²) in [4.78, 5) is 0.443. The van der Waals surface area contributed by atoms with Crippen LogP contribution in [0.2, 0.25) is 0 Å². The van der Waals surface area contributed by atoms with Crippen molar-refractivity contribution in [1.29, 1.82) is 0 Å². The number of benzene rings is 1. The fraction of sp³-hybridized carbons (Fsp3) is 0.533. The Balaban J connectivity index is 2.36. The lowest BCUT2D eigenvalue weighted by molar-refractivity contribution is 0.617. The van der Waals surface area contributed by atoms with E-state index in [-0.39, 0.29) is 0 Å². The van der Waals surface area contributed by atoms with E-state index in [0.717, 1.165) is 22.3 Å². The SMILES string of the molecule is CCCCCCCCNc1cc(Br)ccc1C(N)=S. The Morgan fingerprint density at radius 2 is 1.89 bits per heavy atom. The highest BCUT2D eigenvalue weighted by Crippen LogP contribution is 2.21. The molecule has 0 saturated carbocycles. The molecule has 0 radical (unpaired) electrons. The maximum Gasteiger partial charge on any atom is 0.106 e. The van der Waals surface area contributed by atoms with Gasteiger partial charge in [-0.25, -0.2) is 0 Å². The van der Waals surface area contributed by atoms with Gasteiger partial charge >= 0.3 is 0 Å². The van der Waals surface area contributed by atoms with Gasteiger partial charge in [0.05, 0.1) is 0 Å². The van der Waals surface area contributed by atoms with E-state index in [1.165, 1.54) is 38.5 Å². The van der Waals surface area contributed by atoms with Crippen molar-refractivity contribution in [1.82, 2.24) is 0 Å². The van der Waals surface area contributed by atoms with Crippen molar-refractivity contribution >= 4 is 38.8 Å². The van der Waals surface area contributed by atoms with Crippen LogP contribution >= 0.6 is 28.1 Å². The lowest BCUT2D eigenvalue weighted by Gasteiger charge is -2.11. The van der Waals surface area contributed by atoms with Crippen LogP contribution in [0.4, 0.5) is 5.69 Å². The molecular formula is C15H23BrN2S. The Hall–Kier alpha value is -0.610. The van der Waals surface area contributed by atoms with Gasteiger partial charge in [-0.15, -0.1) is 0 Å². The second kappa shape index (κ2) is 9.32. The monoisotopic (exact) mass is 342 g/mol. The summed E-state index contributed by atoms with van der Waals surface area (Å²) >= 11 is 8.54. The van der Waals surface area contributed by atoms with Gasteiger partial charge in [-0.2, -0.15) is 0 Å². The van der Waals surface area contributed by atoms with Gasteiger partial charge in [0.25, 0.3) is 0 Å². The lowest BCUT2D eigenvalue weighted by Crippen LogP contribution is -2.13. The summed E-state index contributed by atoms with van der Waals surface area (Å²) in [7, 11) is 0. The molecule has 0 heterocycles. The average Bonchev–Trinajstić information content (AvgIpc) is 2.37. The zero-order valence-corrected chi connectivity index (χ0v) is 13.9. The van der Waals surface area contributed by atoms with Gasteiger partial charge in [0.2, 0.25) is 0 Å². The van der Waals surface area contributed by atoms with Crippen molar-refractivity contribution < 1.29 is 0 Å². The molecule has 1 aromatic rings. The smallest absolute Gasteiger partial charge is 0.106 e. The van der Waals surface area contributed by atoms with Gasteiger partial charge in [0.15, 0.2) is 0 Å². The molecule has 0 unspecified atom stereocenters. The van der Waals surface area contributed by atoms with Crippen LogP contribution in [0.5, 0.6) is 0 Å². The molecule has 0 fully saturated rings. The molecule has 0 aromatic heterocycles. The highest BCUT2D eigenvalue weighted by Gasteiger charge is 2.05. The zero-order valence-electron chi connectivity index (χ0n) is 11.5. The van der Waals surface area contributed by atoms with Crippen LogP contribution in [-0.2, 0) is 0 Å². The summed E-state index contributed by atoms with van der Waals surface area (Å²) < 4.78 is 1.04. The largest absolute Gasteiger partial charge is 0.389 e. The fourth-order valence-corrected chi connectivity index (χ4v) is 2.55. The van der Waals surface area contributed by atoms with Crippen LogP contribution in [0.15, 0.2) is 22.7 Å². The van der Waals surface area contributed by atoms with Gasteiger partial charge in [-0.1, -0.05) is 67.2 Å². The molecule has 0 atom stereocenters. The molecule has 106 valence electrons. The number of rotatable bonds is 9. The Kier molecular flexibility index (Phi) is 8.07. The average molecular weight is 343 g/mol. The van der Waals surface area contributed by atoms with Crippen LogP contribution in [-0.4, -0.2) is 11.5 Å². The Labute approximate surface area is 130 Å². The van der Waals surface area contributed by atoms with Crippen molar-refractivity contribution in [2.45, 2.75) is 45.4 Å². The normalized spacial score (nSPS) is 10.4. The second-order valence-electron chi connectivity index (χ2n) is 4.75. The zero-order chi connectivity index (χ0) is 14.1. The first-order chi connectivity index (χ1) is 9.15. The van der Waals surface area contributed by atoms with E-state index < -0.39 is 0 Å².